The highest BCUT2D eigenvalue weighted by atomic mass is 16.4. The first-order chi connectivity index (χ1) is 9.97. The Balaban J connectivity index is 2.03. The molecule has 0 saturated carbocycles. The maximum atomic E-state index is 10.7. The number of benzene rings is 1. The molecule has 1 heterocycles. The van der Waals surface area contributed by atoms with E-state index in [1.54, 1.807) is 6.07 Å². The second kappa shape index (κ2) is 6.94. The van der Waals surface area contributed by atoms with Gasteiger partial charge in [0.25, 0.3) is 0 Å². The molecule has 0 spiro atoms. The summed E-state index contributed by atoms with van der Waals surface area (Å²) < 4.78 is 0. The standard InChI is InChI=1S/C17H25NO3/c1-12-5-7-16(19)15(10-12)13(2)18-9-3-4-14(11-18)6-8-17(20)21/h5,7,10,13-14,19H,3-4,6,8-9,11H2,1-2H3,(H,20,21). The van der Waals surface area contributed by atoms with Crippen molar-refractivity contribution in [3.8, 4) is 5.75 Å². The number of likely N-dealkylation sites (tertiary alicyclic amines) is 1. The minimum absolute atomic E-state index is 0.164. The van der Waals surface area contributed by atoms with Crippen LogP contribution in [0.2, 0.25) is 0 Å². The molecule has 1 aromatic rings. The van der Waals surface area contributed by atoms with Crippen molar-refractivity contribution in [1.82, 2.24) is 4.90 Å². The van der Waals surface area contributed by atoms with Gasteiger partial charge in [0.1, 0.15) is 5.75 Å². The van der Waals surface area contributed by atoms with Crippen molar-refractivity contribution in [3.05, 3.63) is 29.3 Å². The third-order valence-corrected chi connectivity index (χ3v) is 4.50. The van der Waals surface area contributed by atoms with Gasteiger partial charge in [-0.15, -0.1) is 0 Å². The highest BCUT2D eigenvalue weighted by Gasteiger charge is 2.26. The van der Waals surface area contributed by atoms with Crippen molar-refractivity contribution >= 4 is 5.97 Å². The van der Waals surface area contributed by atoms with Crippen molar-refractivity contribution in [2.24, 2.45) is 5.92 Å². The number of aryl methyl sites for hydroxylation is 1. The summed E-state index contributed by atoms with van der Waals surface area (Å²) in [5, 5.41) is 18.9. The number of carboxylic acids is 1. The molecule has 1 fully saturated rings. The number of aromatic hydroxyl groups is 1. The lowest BCUT2D eigenvalue weighted by Crippen LogP contribution is -2.37. The summed E-state index contributed by atoms with van der Waals surface area (Å²) in [6, 6.07) is 5.88. The first-order valence-electron chi connectivity index (χ1n) is 7.72. The first kappa shape index (κ1) is 15.8. The van der Waals surface area contributed by atoms with Gasteiger partial charge in [-0.2, -0.15) is 0 Å². The molecule has 1 saturated heterocycles. The smallest absolute Gasteiger partial charge is 0.303 e. The molecule has 0 aromatic heterocycles. The van der Waals surface area contributed by atoms with Crippen LogP contribution in [0.25, 0.3) is 0 Å². The Morgan fingerprint density at radius 3 is 2.95 bits per heavy atom. The lowest BCUT2D eigenvalue weighted by Gasteiger charge is -2.37. The fourth-order valence-corrected chi connectivity index (χ4v) is 3.22. The second-order valence-electron chi connectivity index (χ2n) is 6.17. The molecule has 0 radical (unpaired) electrons. The molecule has 4 heteroatoms. The number of carboxylic acid groups (broad SMARTS) is 1. The molecule has 2 unspecified atom stereocenters. The molecule has 0 bridgehead atoms. The monoisotopic (exact) mass is 291 g/mol. The van der Waals surface area contributed by atoms with Crippen LogP contribution in [0, 0.1) is 12.8 Å². The average molecular weight is 291 g/mol. The Morgan fingerprint density at radius 2 is 2.24 bits per heavy atom. The van der Waals surface area contributed by atoms with Crippen molar-refractivity contribution < 1.29 is 15.0 Å². The third kappa shape index (κ3) is 4.21. The van der Waals surface area contributed by atoms with Gasteiger partial charge in [-0.3, -0.25) is 9.69 Å². The van der Waals surface area contributed by atoms with E-state index in [1.807, 2.05) is 19.1 Å². The van der Waals surface area contributed by atoms with Crippen LogP contribution in [0.15, 0.2) is 18.2 Å². The SMILES string of the molecule is Cc1ccc(O)c(C(C)N2CCCC(CCC(=O)O)C2)c1. The maximum absolute atomic E-state index is 10.7. The summed E-state index contributed by atoms with van der Waals surface area (Å²) >= 11 is 0. The number of aliphatic carboxylic acids is 1. The van der Waals surface area contributed by atoms with E-state index in [4.69, 9.17) is 5.11 Å². The molecule has 116 valence electrons. The summed E-state index contributed by atoms with van der Waals surface area (Å²) in [6.07, 6.45) is 3.21. The zero-order valence-electron chi connectivity index (χ0n) is 12.9. The highest BCUT2D eigenvalue weighted by Crippen LogP contribution is 2.33. The fourth-order valence-electron chi connectivity index (χ4n) is 3.22. The van der Waals surface area contributed by atoms with Crippen LogP contribution in [-0.2, 0) is 4.79 Å². The summed E-state index contributed by atoms with van der Waals surface area (Å²) in [7, 11) is 0. The molecule has 1 aromatic carbocycles. The van der Waals surface area contributed by atoms with E-state index < -0.39 is 5.97 Å². The Morgan fingerprint density at radius 1 is 1.48 bits per heavy atom. The van der Waals surface area contributed by atoms with Gasteiger partial charge < -0.3 is 10.2 Å². The van der Waals surface area contributed by atoms with E-state index in [9.17, 15) is 9.90 Å². The number of carbonyl (C=O) groups is 1. The number of nitrogens with zero attached hydrogens (tertiary/aromatic N) is 1. The highest BCUT2D eigenvalue weighted by molar-refractivity contribution is 5.66. The normalized spacial score (nSPS) is 21.1. The predicted molar refractivity (Wildman–Crippen MR) is 82.4 cm³/mol. The van der Waals surface area contributed by atoms with Gasteiger partial charge in [-0.25, -0.2) is 0 Å². The van der Waals surface area contributed by atoms with Crippen LogP contribution < -0.4 is 0 Å². The van der Waals surface area contributed by atoms with Crippen LogP contribution in [0.3, 0.4) is 0 Å². The average Bonchev–Trinajstić information content (AvgIpc) is 2.47. The summed E-state index contributed by atoms with van der Waals surface area (Å²) in [6.45, 7) is 6.08. The van der Waals surface area contributed by atoms with Crippen LogP contribution in [0.1, 0.15) is 49.8 Å². The van der Waals surface area contributed by atoms with E-state index in [0.717, 1.165) is 43.5 Å². The third-order valence-electron chi connectivity index (χ3n) is 4.50. The van der Waals surface area contributed by atoms with Crippen LogP contribution >= 0.6 is 0 Å². The topological polar surface area (TPSA) is 60.8 Å². The maximum Gasteiger partial charge on any atom is 0.303 e. The van der Waals surface area contributed by atoms with E-state index in [1.165, 1.54) is 0 Å². The van der Waals surface area contributed by atoms with Crippen molar-refractivity contribution in [2.75, 3.05) is 13.1 Å². The van der Waals surface area contributed by atoms with Crippen LogP contribution in [0.5, 0.6) is 5.75 Å². The molecule has 2 N–H and O–H groups in total. The van der Waals surface area contributed by atoms with E-state index in [-0.39, 0.29) is 12.5 Å². The first-order valence-corrected chi connectivity index (χ1v) is 7.72. The van der Waals surface area contributed by atoms with E-state index in [0.29, 0.717) is 11.7 Å². The molecule has 0 amide bonds. The minimum atomic E-state index is -0.712. The Kier molecular flexibility index (Phi) is 5.23. The van der Waals surface area contributed by atoms with E-state index >= 15 is 0 Å². The molecule has 2 atom stereocenters. The van der Waals surface area contributed by atoms with E-state index in [2.05, 4.69) is 11.8 Å². The molecule has 2 rings (SSSR count). The molecular weight excluding hydrogens is 266 g/mol. The van der Waals surface area contributed by atoms with Gasteiger partial charge in [-0.05, 0) is 51.6 Å². The molecule has 1 aliphatic heterocycles. The molecule has 4 nitrogen and oxygen atoms in total. The Hall–Kier alpha value is -1.55. The Bertz CT molecular complexity index is 501. The summed E-state index contributed by atoms with van der Waals surface area (Å²) in [5.41, 5.74) is 2.11. The molecule has 0 aliphatic carbocycles. The Labute approximate surface area is 126 Å². The lowest BCUT2D eigenvalue weighted by molar-refractivity contribution is -0.137. The van der Waals surface area contributed by atoms with Gasteiger partial charge in [-0.1, -0.05) is 17.7 Å². The van der Waals surface area contributed by atoms with Crippen molar-refractivity contribution in [1.29, 1.82) is 0 Å². The molecular formula is C17H25NO3. The number of piperidine rings is 1. The van der Waals surface area contributed by atoms with Gasteiger partial charge in [0.2, 0.25) is 0 Å². The zero-order valence-corrected chi connectivity index (χ0v) is 12.9. The van der Waals surface area contributed by atoms with Crippen LogP contribution in [-0.4, -0.2) is 34.2 Å². The predicted octanol–water partition coefficient (Wildman–Crippen LogP) is 3.34. The van der Waals surface area contributed by atoms with Crippen LogP contribution in [0.4, 0.5) is 0 Å². The summed E-state index contributed by atoms with van der Waals surface area (Å²) in [4.78, 5) is 13.1. The summed E-state index contributed by atoms with van der Waals surface area (Å²) in [5.74, 6) is 0.0847. The number of phenolic OH excluding ortho intramolecular Hbond substituents is 1. The molecule has 1 aliphatic rings. The lowest BCUT2D eigenvalue weighted by atomic mass is 9.91. The van der Waals surface area contributed by atoms with Gasteiger partial charge in [0, 0.05) is 24.6 Å². The second-order valence-corrected chi connectivity index (χ2v) is 6.17. The number of hydrogen-bond donors (Lipinski definition) is 2. The number of rotatable bonds is 5. The van der Waals surface area contributed by atoms with Gasteiger partial charge >= 0.3 is 5.97 Å². The molecule has 21 heavy (non-hydrogen) atoms. The quantitative estimate of drug-likeness (QED) is 0.873. The minimum Gasteiger partial charge on any atom is -0.508 e. The van der Waals surface area contributed by atoms with Crippen molar-refractivity contribution in [3.63, 3.8) is 0 Å². The largest absolute Gasteiger partial charge is 0.508 e. The number of phenols is 1. The fraction of sp³-hybridized carbons (Fsp3) is 0.588. The number of hydrogen-bond acceptors (Lipinski definition) is 3. The van der Waals surface area contributed by atoms with Crippen molar-refractivity contribution in [2.45, 2.75) is 45.6 Å². The van der Waals surface area contributed by atoms with Gasteiger partial charge in [0.15, 0.2) is 0 Å². The zero-order chi connectivity index (χ0) is 15.4. The van der Waals surface area contributed by atoms with Gasteiger partial charge in [0.05, 0.1) is 0 Å².